The summed E-state index contributed by atoms with van der Waals surface area (Å²) in [5.74, 6) is -4.95. The maximum Gasteiger partial charge on any atom is 0.254 e. The summed E-state index contributed by atoms with van der Waals surface area (Å²) in [6.45, 7) is 2.61. The Labute approximate surface area is 313 Å². The van der Waals surface area contributed by atoms with Crippen LogP contribution < -0.4 is 16.0 Å². The lowest BCUT2D eigenvalue weighted by molar-refractivity contribution is -0.146. The number of rotatable bonds is 6. The molecule has 3 unspecified atom stereocenters. The Morgan fingerprint density at radius 3 is 2.38 bits per heavy atom. The van der Waals surface area contributed by atoms with Crippen molar-refractivity contribution in [1.82, 2.24) is 29.8 Å². The SMILES string of the molecule is Cc1ccc(-c2c(C#N)c(NC(=O)CC(=O)N3CCN(C4(C5CCC(=O)NC5=O)C=CC=C5C(=O)NC(=O)C54)CC3)n3c(nc4ccccc43)c2C#N)cc1. The van der Waals surface area contributed by atoms with Crippen LogP contribution in [-0.4, -0.2) is 86.3 Å². The van der Waals surface area contributed by atoms with Crippen molar-refractivity contribution in [1.29, 1.82) is 10.5 Å². The molecule has 0 radical (unpaired) electrons. The summed E-state index contributed by atoms with van der Waals surface area (Å²) in [7, 11) is 0. The minimum atomic E-state index is -1.27. The van der Waals surface area contributed by atoms with Gasteiger partial charge < -0.3 is 10.2 Å². The minimum absolute atomic E-state index is 0.0348. The number of aryl methyl sites for hydroxylation is 1. The van der Waals surface area contributed by atoms with E-state index < -0.39 is 59.2 Å². The zero-order chi connectivity index (χ0) is 38.6. The van der Waals surface area contributed by atoms with Crippen LogP contribution in [0.2, 0.25) is 0 Å². The summed E-state index contributed by atoms with van der Waals surface area (Å²) in [6.07, 6.45) is 4.64. The molecule has 0 spiro atoms. The van der Waals surface area contributed by atoms with E-state index in [4.69, 9.17) is 4.98 Å². The van der Waals surface area contributed by atoms with Gasteiger partial charge >= 0.3 is 0 Å². The summed E-state index contributed by atoms with van der Waals surface area (Å²) in [4.78, 5) is 87.1. The number of aromatic nitrogens is 2. The summed E-state index contributed by atoms with van der Waals surface area (Å²) >= 11 is 0. The number of hydrogen-bond donors (Lipinski definition) is 3. The van der Waals surface area contributed by atoms with Gasteiger partial charge in [0, 0.05) is 43.7 Å². The fourth-order valence-corrected chi connectivity index (χ4v) is 8.52. The van der Waals surface area contributed by atoms with Crippen LogP contribution in [0.25, 0.3) is 27.8 Å². The molecule has 274 valence electrons. The van der Waals surface area contributed by atoms with Gasteiger partial charge in [0.2, 0.25) is 29.5 Å². The first-order chi connectivity index (χ1) is 26.5. The van der Waals surface area contributed by atoms with Gasteiger partial charge in [-0.3, -0.25) is 48.7 Å². The third kappa shape index (κ3) is 5.64. The Balaban J connectivity index is 1.07. The van der Waals surface area contributed by atoms with E-state index in [0.29, 0.717) is 22.2 Å². The summed E-state index contributed by atoms with van der Waals surface area (Å²) in [5.41, 5.74) is 2.37. The number of nitrogens with one attached hydrogen (secondary N) is 3. The monoisotopic (exact) mass is 735 g/mol. The van der Waals surface area contributed by atoms with Gasteiger partial charge in [-0.05, 0) is 31.0 Å². The first kappa shape index (κ1) is 35.1. The molecular formula is C40H33N9O6. The molecule has 4 aliphatic rings. The number of imidazole rings is 1. The lowest BCUT2D eigenvalue weighted by atomic mass is 9.65. The molecule has 3 atom stereocenters. The highest BCUT2D eigenvalue weighted by molar-refractivity contribution is 6.16. The smallest absolute Gasteiger partial charge is 0.254 e. The van der Waals surface area contributed by atoms with E-state index in [9.17, 15) is 39.3 Å². The Bertz CT molecular complexity index is 2530. The highest BCUT2D eigenvalue weighted by Gasteiger charge is 2.60. The molecule has 15 nitrogen and oxygen atoms in total. The van der Waals surface area contributed by atoms with Crippen molar-refractivity contribution in [3.63, 3.8) is 0 Å². The van der Waals surface area contributed by atoms with Gasteiger partial charge in [0.15, 0.2) is 5.65 Å². The molecule has 0 saturated carbocycles. The standard InChI is InChI=1S/C40H33N9O6/c1-22-8-10-23(11-9-22)33-25(20-41)35-43-28-6-2-3-7-29(28)49(35)36(26(33)21-42)44-31(51)19-32(52)47-15-17-48(18-16-47)40(27-12-13-30(50)45-38(27)54)14-4-5-24-34(40)39(55)46-37(24)53/h2-11,14,27,34H,12-13,15-19H2,1H3,(H,44,51)(H,45,50,54)(H,46,53,55). The Hall–Kier alpha value is -6.97. The van der Waals surface area contributed by atoms with Gasteiger partial charge in [-0.15, -0.1) is 0 Å². The van der Waals surface area contributed by atoms with Gasteiger partial charge in [0.25, 0.3) is 5.91 Å². The van der Waals surface area contributed by atoms with E-state index in [0.717, 1.165) is 5.56 Å². The van der Waals surface area contributed by atoms with Crippen molar-refractivity contribution in [2.45, 2.75) is 31.7 Å². The van der Waals surface area contributed by atoms with Crippen LogP contribution in [0.1, 0.15) is 36.0 Å². The molecule has 4 aromatic rings. The van der Waals surface area contributed by atoms with E-state index in [-0.39, 0.29) is 67.2 Å². The van der Waals surface area contributed by atoms with Crippen molar-refractivity contribution in [3.05, 3.63) is 89.0 Å². The second-order valence-electron chi connectivity index (χ2n) is 14.0. The number of nitrogens with zero attached hydrogens (tertiary/aromatic N) is 6. The molecule has 3 saturated heterocycles. The zero-order valence-electron chi connectivity index (χ0n) is 29.6. The molecule has 6 amide bonds. The number of hydrogen-bond acceptors (Lipinski definition) is 10. The predicted molar refractivity (Wildman–Crippen MR) is 196 cm³/mol. The molecule has 0 bridgehead atoms. The Morgan fingerprint density at radius 1 is 0.945 bits per heavy atom. The molecule has 3 aliphatic heterocycles. The number of fused-ring (bicyclic) bond motifs is 4. The topological polar surface area (TPSA) is 210 Å². The van der Waals surface area contributed by atoms with Crippen LogP contribution in [-0.2, 0) is 28.8 Å². The van der Waals surface area contributed by atoms with Crippen LogP contribution in [0, 0.1) is 41.4 Å². The largest absolute Gasteiger partial charge is 0.340 e. The van der Waals surface area contributed by atoms with E-state index in [1.54, 1.807) is 59.0 Å². The average molecular weight is 736 g/mol. The molecule has 2 aromatic carbocycles. The summed E-state index contributed by atoms with van der Waals surface area (Å²) in [5, 5.41) is 28.5. The Morgan fingerprint density at radius 2 is 1.67 bits per heavy atom. The number of piperazine rings is 1. The number of imide groups is 2. The second kappa shape index (κ2) is 13.5. The molecular weight excluding hydrogens is 702 g/mol. The fraction of sp³-hybridized carbons (Fsp3) is 0.275. The van der Waals surface area contributed by atoms with Crippen LogP contribution in [0.4, 0.5) is 5.82 Å². The third-order valence-electron chi connectivity index (χ3n) is 11.0. The third-order valence-corrected chi connectivity index (χ3v) is 11.0. The summed E-state index contributed by atoms with van der Waals surface area (Å²) in [6, 6.07) is 18.8. The highest BCUT2D eigenvalue weighted by Crippen LogP contribution is 2.46. The van der Waals surface area contributed by atoms with Crippen LogP contribution in [0.5, 0.6) is 0 Å². The molecule has 3 N–H and O–H groups in total. The van der Waals surface area contributed by atoms with Gasteiger partial charge in [-0.2, -0.15) is 10.5 Å². The number of allylic oxidation sites excluding steroid dienone is 2. The normalized spacial score (nSPS) is 22.5. The molecule has 3 fully saturated rings. The fourth-order valence-electron chi connectivity index (χ4n) is 8.52. The first-order valence-corrected chi connectivity index (χ1v) is 17.8. The van der Waals surface area contributed by atoms with Gasteiger partial charge in [0.1, 0.15) is 35.5 Å². The van der Waals surface area contributed by atoms with Gasteiger partial charge in [-0.1, -0.05) is 60.2 Å². The molecule has 2 aromatic heterocycles. The van der Waals surface area contributed by atoms with Gasteiger partial charge in [-0.25, -0.2) is 4.98 Å². The number of para-hydroxylation sites is 2. The maximum atomic E-state index is 13.8. The first-order valence-electron chi connectivity index (χ1n) is 17.8. The number of carbonyl (C=O) groups excluding carboxylic acids is 6. The van der Waals surface area contributed by atoms with Crippen LogP contribution in [0.15, 0.2) is 72.3 Å². The number of benzene rings is 2. The predicted octanol–water partition coefficient (Wildman–Crippen LogP) is 2.24. The van der Waals surface area contributed by atoms with Gasteiger partial charge in [0.05, 0.1) is 28.4 Å². The number of pyridine rings is 1. The number of amides is 6. The van der Waals surface area contributed by atoms with E-state index in [1.165, 1.54) is 4.90 Å². The number of nitriles is 2. The molecule has 5 heterocycles. The number of piperidine rings is 1. The quantitative estimate of drug-likeness (QED) is 0.194. The van der Waals surface area contributed by atoms with Crippen LogP contribution >= 0.6 is 0 Å². The number of anilines is 1. The highest BCUT2D eigenvalue weighted by atomic mass is 16.2. The van der Waals surface area contributed by atoms with E-state index >= 15 is 0 Å². The second-order valence-corrected chi connectivity index (χ2v) is 14.0. The molecule has 1 aliphatic carbocycles. The van der Waals surface area contributed by atoms with E-state index in [1.807, 2.05) is 24.0 Å². The van der Waals surface area contributed by atoms with Crippen molar-refractivity contribution in [2.75, 3.05) is 31.5 Å². The van der Waals surface area contributed by atoms with E-state index in [2.05, 4.69) is 28.1 Å². The average Bonchev–Trinajstić information content (AvgIpc) is 3.71. The maximum absolute atomic E-state index is 13.8. The molecule has 8 rings (SSSR count). The molecule has 55 heavy (non-hydrogen) atoms. The van der Waals surface area contributed by atoms with Crippen molar-refractivity contribution in [2.24, 2.45) is 11.8 Å². The lowest BCUT2D eigenvalue weighted by Gasteiger charge is -2.53. The zero-order valence-corrected chi connectivity index (χ0v) is 29.6. The van der Waals surface area contributed by atoms with Crippen molar-refractivity contribution in [3.8, 4) is 23.3 Å². The van der Waals surface area contributed by atoms with Crippen molar-refractivity contribution < 1.29 is 28.8 Å². The minimum Gasteiger partial charge on any atom is -0.340 e. The lowest BCUT2D eigenvalue weighted by Crippen LogP contribution is -2.68. The van der Waals surface area contributed by atoms with Crippen LogP contribution in [0.3, 0.4) is 0 Å². The Kier molecular flexibility index (Phi) is 8.59. The number of carbonyl (C=O) groups is 6. The molecule has 15 heteroatoms. The summed E-state index contributed by atoms with van der Waals surface area (Å²) < 4.78 is 1.56. The van der Waals surface area contributed by atoms with Crippen molar-refractivity contribution >= 4 is 57.9 Å².